The van der Waals surface area contributed by atoms with Gasteiger partial charge in [0.05, 0.1) is 6.61 Å². The van der Waals surface area contributed by atoms with Crippen LogP contribution in [-0.2, 0) is 14.3 Å². The second-order valence-electron chi connectivity index (χ2n) is 5.65. The molecule has 0 aromatic rings. The average molecular weight is 283 g/mol. The van der Waals surface area contributed by atoms with Crippen molar-refractivity contribution in [1.29, 1.82) is 0 Å². The highest BCUT2D eigenvalue weighted by atomic mass is 16.5. The summed E-state index contributed by atoms with van der Waals surface area (Å²) < 4.78 is 5.06. The molecule has 0 aromatic heterocycles. The van der Waals surface area contributed by atoms with E-state index < -0.39 is 0 Å². The Kier molecular flexibility index (Phi) is 5.79. The summed E-state index contributed by atoms with van der Waals surface area (Å²) in [6.07, 6.45) is 4.07. The van der Waals surface area contributed by atoms with Gasteiger partial charge in [-0.2, -0.15) is 0 Å². The largest absolute Gasteiger partial charge is 0.383 e. The molecule has 0 saturated carbocycles. The fraction of sp³-hybridized carbons (Fsp3) is 0.857. The summed E-state index contributed by atoms with van der Waals surface area (Å²) in [7, 11) is 1.70. The first-order chi connectivity index (χ1) is 9.69. The first kappa shape index (κ1) is 15.3. The molecule has 2 saturated heterocycles. The van der Waals surface area contributed by atoms with Gasteiger partial charge in [-0.1, -0.05) is 6.42 Å². The van der Waals surface area contributed by atoms with E-state index in [1.54, 1.807) is 7.11 Å². The maximum absolute atomic E-state index is 12.2. The summed E-state index contributed by atoms with van der Waals surface area (Å²) in [5.74, 6) is -0.0327. The summed E-state index contributed by atoms with van der Waals surface area (Å²) in [5.41, 5.74) is 0. The predicted octanol–water partition coefficient (Wildman–Crippen LogP) is -0.118. The van der Waals surface area contributed by atoms with Crippen LogP contribution in [0, 0.1) is 0 Å². The highest BCUT2D eigenvalue weighted by Gasteiger charge is 2.28. The molecule has 114 valence electrons. The summed E-state index contributed by atoms with van der Waals surface area (Å²) in [5, 5.41) is 5.88. The van der Waals surface area contributed by atoms with Crippen molar-refractivity contribution in [3.63, 3.8) is 0 Å². The van der Waals surface area contributed by atoms with E-state index in [0.717, 1.165) is 51.9 Å². The van der Waals surface area contributed by atoms with Gasteiger partial charge in [-0.25, -0.2) is 0 Å². The average Bonchev–Trinajstić information content (AvgIpc) is 2.75. The van der Waals surface area contributed by atoms with Gasteiger partial charge in [-0.15, -0.1) is 0 Å². The number of nitrogens with zero attached hydrogens (tertiary/aromatic N) is 1. The van der Waals surface area contributed by atoms with Crippen LogP contribution in [-0.4, -0.2) is 62.1 Å². The third kappa shape index (κ3) is 4.45. The van der Waals surface area contributed by atoms with Crippen molar-refractivity contribution in [1.82, 2.24) is 15.5 Å². The van der Waals surface area contributed by atoms with Crippen molar-refractivity contribution < 1.29 is 14.3 Å². The molecule has 2 rings (SSSR count). The minimum atomic E-state index is -0.349. The monoisotopic (exact) mass is 283 g/mol. The number of carbonyl (C=O) groups excluding carboxylic acids is 2. The zero-order valence-electron chi connectivity index (χ0n) is 12.2. The highest BCUT2D eigenvalue weighted by molar-refractivity contribution is 5.88. The van der Waals surface area contributed by atoms with Gasteiger partial charge in [0.25, 0.3) is 0 Å². The van der Waals surface area contributed by atoms with Gasteiger partial charge in [0, 0.05) is 39.2 Å². The number of nitrogens with one attached hydrogen (secondary N) is 2. The van der Waals surface area contributed by atoms with Gasteiger partial charge in [0.1, 0.15) is 6.04 Å². The number of rotatable bonds is 5. The van der Waals surface area contributed by atoms with Crippen LogP contribution in [0.5, 0.6) is 0 Å². The van der Waals surface area contributed by atoms with Gasteiger partial charge in [0.2, 0.25) is 11.8 Å². The van der Waals surface area contributed by atoms with Gasteiger partial charge in [-0.3, -0.25) is 14.5 Å². The molecular formula is C14H25N3O3. The molecule has 0 spiro atoms. The van der Waals surface area contributed by atoms with Crippen molar-refractivity contribution in [2.24, 2.45) is 0 Å². The van der Waals surface area contributed by atoms with Crippen LogP contribution >= 0.6 is 0 Å². The van der Waals surface area contributed by atoms with Crippen LogP contribution in [0.15, 0.2) is 0 Å². The molecule has 2 aliphatic rings. The third-order valence-electron chi connectivity index (χ3n) is 4.03. The van der Waals surface area contributed by atoms with E-state index in [9.17, 15) is 9.59 Å². The number of hydrogen-bond donors (Lipinski definition) is 2. The number of likely N-dealkylation sites (tertiary alicyclic amines) is 1. The highest BCUT2D eigenvalue weighted by Crippen LogP contribution is 2.12. The predicted molar refractivity (Wildman–Crippen MR) is 75.3 cm³/mol. The molecule has 6 heteroatoms. The molecule has 2 atom stereocenters. The van der Waals surface area contributed by atoms with Gasteiger partial charge >= 0.3 is 0 Å². The van der Waals surface area contributed by atoms with Gasteiger partial charge in [0.15, 0.2) is 0 Å². The maximum atomic E-state index is 12.2. The Balaban J connectivity index is 1.75. The van der Waals surface area contributed by atoms with Gasteiger partial charge < -0.3 is 15.4 Å². The number of ether oxygens (including phenoxy) is 1. The summed E-state index contributed by atoms with van der Waals surface area (Å²) in [6, 6.07) is -0.155. The molecule has 0 aromatic carbocycles. The number of amides is 2. The Labute approximate surface area is 120 Å². The molecule has 2 aliphatic heterocycles. The van der Waals surface area contributed by atoms with Crippen LogP contribution in [0.3, 0.4) is 0 Å². The van der Waals surface area contributed by atoms with E-state index in [0.29, 0.717) is 6.42 Å². The normalized spacial score (nSPS) is 27.9. The van der Waals surface area contributed by atoms with E-state index in [-0.39, 0.29) is 23.9 Å². The summed E-state index contributed by atoms with van der Waals surface area (Å²) in [6.45, 7) is 3.49. The number of methoxy groups -OCH3 is 1. The Bertz CT molecular complexity index is 349. The lowest BCUT2D eigenvalue weighted by Gasteiger charge is -2.20. The van der Waals surface area contributed by atoms with E-state index in [1.165, 1.54) is 0 Å². The molecule has 0 bridgehead atoms. The Morgan fingerprint density at radius 3 is 3.10 bits per heavy atom. The molecule has 2 N–H and O–H groups in total. The van der Waals surface area contributed by atoms with Crippen LogP contribution in [0.25, 0.3) is 0 Å². The Morgan fingerprint density at radius 2 is 2.30 bits per heavy atom. The van der Waals surface area contributed by atoms with E-state index >= 15 is 0 Å². The van der Waals surface area contributed by atoms with Crippen molar-refractivity contribution in [3.8, 4) is 0 Å². The first-order valence-corrected chi connectivity index (χ1v) is 7.50. The van der Waals surface area contributed by atoms with E-state index in [4.69, 9.17) is 4.74 Å². The van der Waals surface area contributed by atoms with Gasteiger partial charge in [-0.05, 0) is 19.3 Å². The smallest absolute Gasteiger partial charge is 0.242 e. The van der Waals surface area contributed by atoms with Crippen molar-refractivity contribution in [2.45, 2.75) is 44.2 Å². The van der Waals surface area contributed by atoms with Crippen LogP contribution in [0.2, 0.25) is 0 Å². The molecule has 20 heavy (non-hydrogen) atoms. The van der Waals surface area contributed by atoms with Crippen LogP contribution < -0.4 is 10.6 Å². The lowest BCUT2D eigenvalue weighted by Crippen LogP contribution is -2.49. The zero-order chi connectivity index (χ0) is 14.4. The Hall–Kier alpha value is -1.14. The molecule has 2 amide bonds. The number of hydrogen-bond acceptors (Lipinski definition) is 4. The fourth-order valence-corrected chi connectivity index (χ4v) is 2.85. The summed E-state index contributed by atoms with van der Waals surface area (Å²) >= 11 is 0. The van der Waals surface area contributed by atoms with Crippen molar-refractivity contribution >= 4 is 11.8 Å². The minimum absolute atomic E-state index is 0.00390. The molecule has 0 radical (unpaired) electrons. The summed E-state index contributed by atoms with van der Waals surface area (Å²) in [4.78, 5) is 26.0. The lowest BCUT2D eigenvalue weighted by molar-refractivity contribution is -0.128. The fourth-order valence-electron chi connectivity index (χ4n) is 2.85. The van der Waals surface area contributed by atoms with Crippen molar-refractivity contribution in [3.05, 3.63) is 0 Å². The molecule has 2 heterocycles. The molecule has 6 nitrogen and oxygen atoms in total. The van der Waals surface area contributed by atoms with Crippen LogP contribution in [0.4, 0.5) is 0 Å². The first-order valence-electron chi connectivity index (χ1n) is 7.50. The second-order valence-corrected chi connectivity index (χ2v) is 5.65. The zero-order valence-corrected chi connectivity index (χ0v) is 12.2. The topological polar surface area (TPSA) is 70.7 Å². The maximum Gasteiger partial charge on any atom is 0.242 e. The second kappa shape index (κ2) is 7.59. The lowest BCUT2D eigenvalue weighted by atomic mass is 10.1. The van der Waals surface area contributed by atoms with E-state index in [1.807, 2.05) is 0 Å². The van der Waals surface area contributed by atoms with E-state index in [2.05, 4.69) is 15.5 Å². The molecule has 2 unspecified atom stereocenters. The SMILES string of the molecule is COCCN1CCC(NC(=O)C2CCCCC(=O)N2)C1. The minimum Gasteiger partial charge on any atom is -0.383 e. The number of carbonyl (C=O) groups is 2. The van der Waals surface area contributed by atoms with Crippen LogP contribution in [0.1, 0.15) is 32.1 Å². The van der Waals surface area contributed by atoms with Crippen molar-refractivity contribution in [2.75, 3.05) is 33.4 Å². The third-order valence-corrected chi connectivity index (χ3v) is 4.03. The molecule has 2 fully saturated rings. The molecular weight excluding hydrogens is 258 g/mol. The standard InChI is InChI=1S/C14H25N3O3/c1-20-9-8-17-7-6-11(10-17)15-14(19)12-4-2-3-5-13(18)16-12/h11-12H,2-10H2,1H3,(H,15,19)(H,16,18). The molecule has 0 aliphatic carbocycles. The quantitative estimate of drug-likeness (QED) is 0.738. The Morgan fingerprint density at radius 1 is 1.45 bits per heavy atom.